The number of carbonyl (C=O) groups is 2. The van der Waals surface area contributed by atoms with Crippen molar-refractivity contribution < 1.29 is 27.7 Å². The van der Waals surface area contributed by atoms with Crippen LogP contribution in [0.3, 0.4) is 0 Å². The van der Waals surface area contributed by atoms with E-state index in [1.165, 1.54) is 32.1 Å². The molecule has 0 radical (unpaired) electrons. The first-order valence-corrected chi connectivity index (χ1v) is 20.9. The summed E-state index contributed by atoms with van der Waals surface area (Å²) >= 11 is 0. The summed E-state index contributed by atoms with van der Waals surface area (Å²) in [7, 11) is -6.04. The second-order valence-corrected chi connectivity index (χ2v) is 22.9. The van der Waals surface area contributed by atoms with Gasteiger partial charge in [-0.05, 0) is 57.8 Å². The molecule has 1 unspecified atom stereocenters. The minimum atomic E-state index is -2.25. The Morgan fingerprint density at radius 1 is 0.839 bits per heavy atom. The van der Waals surface area contributed by atoms with Gasteiger partial charge >= 0.3 is 20.5 Å². The molecule has 0 heterocycles. The van der Waals surface area contributed by atoms with Crippen molar-refractivity contribution >= 4 is 37.1 Å². The van der Waals surface area contributed by atoms with Crippen LogP contribution in [0.1, 0.15) is 58.3 Å². The summed E-state index contributed by atoms with van der Waals surface area (Å²) in [4.78, 5) is 22.3. The number of unbranched alkanes of at least 4 members (excludes halogenated alkanes) is 5. The fraction of sp³-hybridized carbons (Fsp3) is 0.818. The summed E-state index contributed by atoms with van der Waals surface area (Å²) in [6.07, 6.45) is 11.0. The summed E-state index contributed by atoms with van der Waals surface area (Å²) in [5, 5.41) is 8.64. The zero-order chi connectivity index (χ0) is 24.1. The molecule has 0 aliphatic rings. The summed E-state index contributed by atoms with van der Waals surface area (Å²) in [6.45, 7) is 17.9. The number of rotatable bonds is 17. The van der Waals surface area contributed by atoms with Gasteiger partial charge in [-0.1, -0.05) is 51.9 Å². The molecular formula is C22H46O6Si3. The molecule has 0 aliphatic heterocycles. The molecule has 182 valence electrons. The predicted octanol–water partition coefficient (Wildman–Crippen LogP) is 6.46. The van der Waals surface area contributed by atoms with Gasteiger partial charge in [0.15, 0.2) is 16.6 Å². The van der Waals surface area contributed by atoms with Crippen LogP contribution in [-0.2, 0) is 22.6 Å². The molecule has 0 saturated carbocycles. The third kappa shape index (κ3) is 16.5. The van der Waals surface area contributed by atoms with Crippen molar-refractivity contribution in [3.63, 3.8) is 0 Å². The molecule has 1 atom stereocenters. The van der Waals surface area contributed by atoms with Gasteiger partial charge < -0.3 is 18.1 Å². The third-order valence-corrected chi connectivity index (χ3v) is 16.1. The maximum absolute atomic E-state index is 11.7. The number of esters is 1. The number of carboxylic acid groups (broad SMARTS) is 1. The molecule has 0 fully saturated rings. The fourth-order valence-corrected chi connectivity index (χ4v) is 17.9. The first-order valence-electron chi connectivity index (χ1n) is 11.7. The van der Waals surface area contributed by atoms with E-state index in [1.54, 1.807) is 0 Å². The molecule has 0 aromatic carbocycles. The van der Waals surface area contributed by atoms with Crippen molar-refractivity contribution in [2.24, 2.45) is 0 Å². The third-order valence-electron chi connectivity index (χ3n) is 5.02. The molecular weight excluding hydrogens is 444 g/mol. The molecule has 0 amide bonds. The largest absolute Gasteiger partial charge is 0.478 e. The van der Waals surface area contributed by atoms with E-state index in [4.69, 9.17) is 18.1 Å². The fourth-order valence-electron chi connectivity index (χ4n) is 3.97. The first-order chi connectivity index (χ1) is 14.2. The van der Waals surface area contributed by atoms with Gasteiger partial charge in [-0.25, -0.2) is 9.59 Å². The van der Waals surface area contributed by atoms with Crippen molar-refractivity contribution in [3.8, 4) is 0 Å². The highest BCUT2D eigenvalue weighted by Crippen LogP contribution is 2.35. The van der Waals surface area contributed by atoms with Crippen molar-refractivity contribution in [3.05, 3.63) is 12.2 Å². The maximum atomic E-state index is 11.7. The van der Waals surface area contributed by atoms with Gasteiger partial charge in [-0.15, -0.1) is 0 Å². The second kappa shape index (κ2) is 14.4. The summed E-state index contributed by atoms with van der Waals surface area (Å²) in [5.41, 5.74) is 0.354. The summed E-state index contributed by atoms with van der Waals surface area (Å²) in [5.74, 6) is -1.77. The Morgan fingerprint density at radius 3 is 1.97 bits per heavy atom. The van der Waals surface area contributed by atoms with Crippen LogP contribution in [0.4, 0.5) is 0 Å². The number of hydrogen-bond acceptors (Lipinski definition) is 5. The number of hydrogen-bond donors (Lipinski definition) is 1. The van der Waals surface area contributed by atoms with E-state index in [0.29, 0.717) is 5.54 Å². The lowest BCUT2D eigenvalue weighted by Crippen LogP contribution is -2.53. The summed E-state index contributed by atoms with van der Waals surface area (Å²) < 4.78 is 18.4. The van der Waals surface area contributed by atoms with Crippen LogP contribution in [-0.4, -0.2) is 48.8 Å². The molecule has 0 spiro atoms. The van der Waals surface area contributed by atoms with E-state index in [9.17, 15) is 9.59 Å². The minimum Gasteiger partial charge on any atom is -0.478 e. The van der Waals surface area contributed by atoms with Gasteiger partial charge in [0.1, 0.15) is 0 Å². The first kappa shape index (κ1) is 30.3. The monoisotopic (exact) mass is 490 g/mol. The lowest BCUT2D eigenvalue weighted by molar-refractivity contribution is -0.138. The Bertz CT molecular complexity index is 570. The van der Waals surface area contributed by atoms with Gasteiger partial charge in [-0.2, -0.15) is 0 Å². The number of carboxylic acids is 1. The average Bonchev–Trinajstić information content (AvgIpc) is 2.57. The minimum absolute atomic E-state index is 0.278. The SMILES string of the molecule is CCCCCCCCC(CCOC(=O)C=CC(=O)O)[Si](C)(C)O[Si](C)(C)O[Si](C)(C)C. The molecule has 0 rings (SSSR count). The van der Waals surface area contributed by atoms with E-state index in [2.05, 4.69) is 52.8 Å². The molecule has 9 heteroatoms. The zero-order valence-corrected chi connectivity index (χ0v) is 24.1. The quantitative estimate of drug-likeness (QED) is 0.109. The number of carbonyl (C=O) groups excluding carboxylic acids is 1. The highest BCUT2D eigenvalue weighted by atomic mass is 28.5. The Kier molecular flexibility index (Phi) is 14.1. The Balaban J connectivity index is 5.00. The van der Waals surface area contributed by atoms with E-state index in [1.807, 2.05) is 0 Å². The average molecular weight is 491 g/mol. The van der Waals surface area contributed by atoms with Crippen molar-refractivity contribution in [1.82, 2.24) is 0 Å². The topological polar surface area (TPSA) is 82.1 Å². The van der Waals surface area contributed by atoms with Crippen LogP contribution in [0.15, 0.2) is 12.2 Å². The molecule has 0 aliphatic carbocycles. The van der Waals surface area contributed by atoms with Crippen molar-refractivity contribution in [2.45, 2.75) is 110 Å². The Morgan fingerprint density at radius 2 is 1.42 bits per heavy atom. The Hall–Kier alpha value is -0.749. The van der Waals surface area contributed by atoms with E-state index < -0.39 is 37.1 Å². The standard InChI is InChI=1S/C22H46O6Si3/c1-9-10-11-12-13-14-15-20(18-19-26-22(25)17-16-21(23)24)30(5,6)28-31(7,8)27-29(2,3)4/h16-17,20H,9-15,18-19H2,1-8H3,(H,23,24). The van der Waals surface area contributed by atoms with Gasteiger partial charge in [-0.3, -0.25) is 0 Å². The molecule has 1 N–H and O–H groups in total. The highest BCUT2D eigenvalue weighted by molar-refractivity contribution is 6.87. The molecule has 6 nitrogen and oxygen atoms in total. The van der Waals surface area contributed by atoms with E-state index in [-0.39, 0.29) is 6.61 Å². The molecule has 0 aromatic rings. The number of ether oxygens (including phenoxy) is 1. The predicted molar refractivity (Wildman–Crippen MR) is 135 cm³/mol. The van der Waals surface area contributed by atoms with Crippen LogP contribution in [0, 0.1) is 0 Å². The zero-order valence-electron chi connectivity index (χ0n) is 21.1. The highest BCUT2D eigenvalue weighted by Gasteiger charge is 2.42. The van der Waals surface area contributed by atoms with Crippen LogP contribution >= 0.6 is 0 Å². The van der Waals surface area contributed by atoms with Crippen LogP contribution in [0.5, 0.6) is 0 Å². The molecule has 0 bridgehead atoms. The van der Waals surface area contributed by atoms with Crippen molar-refractivity contribution in [2.75, 3.05) is 6.61 Å². The van der Waals surface area contributed by atoms with Gasteiger partial charge in [0.05, 0.1) is 6.61 Å². The number of aliphatic carboxylic acids is 1. The van der Waals surface area contributed by atoms with Gasteiger partial charge in [0.2, 0.25) is 0 Å². The molecule has 0 saturated heterocycles. The van der Waals surface area contributed by atoms with Crippen molar-refractivity contribution in [1.29, 1.82) is 0 Å². The van der Waals surface area contributed by atoms with Crippen LogP contribution in [0.25, 0.3) is 0 Å². The van der Waals surface area contributed by atoms with Gasteiger partial charge in [0.25, 0.3) is 0 Å². The van der Waals surface area contributed by atoms with Crippen LogP contribution < -0.4 is 0 Å². The molecule has 31 heavy (non-hydrogen) atoms. The summed E-state index contributed by atoms with van der Waals surface area (Å²) in [6, 6.07) is 0. The smallest absolute Gasteiger partial charge is 0.331 e. The van der Waals surface area contributed by atoms with Crippen LogP contribution in [0.2, 0.25) is 51.4 Å². The lowest BCUT2D eigenvalue weighted by atomic mass is 10.1. The lowest BCUT2D eigenvalue weighted by Gasteiger charge is -2.41. The maximum Gasteiger partial charge on any atom is 0.331 e. The van der Waals surface area contributed by atoms with Gasteiger partial charge in [0, 0.05) is 12.2 Å². The van der Waals surface area contributed by atoms with E-state index in [0.717, 1.165) is 31.4 Å². The molecule has 0 aromatic heterocycles. The Labute approximate surface area is 193 Å². The van der Waals surface area contributed by atoms with E-state index >= 15 is 0 Å². The normalized spacial score (nSPS) is 14.1. The second-order valence-electron chi connectivity index (χ2n) is 10.2.